The quantitative estimate of drug-likeness (QED) is 0.601. The summed E-state index contributed by atoms with van der Waals surface area (Å²) in [5.41, 5.74) is 0. The van der Waals surface area contributed by atoms with E-state index in [2.05, 4.69) is 4.98 Å². The third-order valence-electron chi connectivity index (χ3n) is 3.40. The van der Waals surface area contributed by atoms with Gasteiger partial charge < -0.3 is 8.84 Å². The summed E-state index contributed by atoms with van der Waals surface area (Å²) in [4.78, 5) is 4.16. The first-order valence-electron chi connectivity index (χ1n) is 6.24. The smallest absolute Gasteiger partial charge is 0.293 e. The molecule has 0 radical (unpaired) electrons. The Morgan fingerprint density at radius 1 is 1.11 bits per heavy atom. The van der Waals surface area contributed by atoms with Crippen LogP contribution >= 0.6 is 0 Å². The molecule has 0 fully saturated rings. The lowest BCUT2D eigenvalue weighted by molar-refractivity contribution is 0.398. The molecule has 0 amide bonds. The van der Waals surface area contributed by atoms with Gasteiger partial charge in [0.05, 0.1) is 7.11 Å². The van der Waals surface area contributed by atoms with E-state index in [4.69, 9.17) is 4.74 Å². The van der Waals surface area contributed by atoms with Gasteiger partial charge in [-0.1, -0.05) is 47.6 Å². The number of rotatable bonds is 2. The van der Waals surface area contributed by atoms with Gasteiger partial charge in [-0.15, -0.1) is 0 Å². The largest absolute Gasteiger partial charge is 0.481 e. The van der Waals surface area contributed by atoms with Crippen LogP contribution in [-0.4, -0.2) is 20.5 Å². The van der Waals surface area contributed by atoms with Crippen LogP contribution in [0.25, 0.3) is 0 Å². The summed E-state index contributed by atoms with van der Waals surface area (Å²) in [6, 6.07) is 3.62. The van der Waals surface area contributed by atoms with E-state index in [1.807, 2.05) is 47.6 Å². The molecule has 0 saturated carbocycles. The normalized spacial score (nSPS) is 13.6. The zero-order chi connectivity index (χ0) is 14.2. The number of ether oxygens (including phenoxy) is 1. The molecule has 1 heterocycles. The van der Waals surface area contributed by atoms with Gasteiger partial charge in [-0.3, -0.25) is 0 Å². The molecule has 1 aromatic heterocycles. The van der Waals surface area contributed by atoms with E-state index in [1.54, 1.807) is 19.4 Å². The highest BCUT2D eigenvalue weighted by atomic mass is 28.4. The number of pyridine rings is 1. The van der Waals surface area contributed by atoms with Crippen LogP contribution in [0.4, 0.5) is 4.11 Å². The molecule has 0 unspecified atom stereocenters. The average molecular weight is 269 g/mol. The zero-order valence-corrected chi connectivity index (χ0v) is 13.5. The van der Waals surface area contributed by atoms with E-state index in [0.29, 0.717) is 11.1 Å². The molecular formula is C14H24FNOSi. The number of methoxy groups -OCH3 is 1. The van der Waals surface area contributed by atoms with Crippen molar-refractivity contribution in [3.63, 3.8) is 0 Å². The van der Waals surface area contributed by atoms with Crippen LogP contribution in [-0.2, 0) is 0 Å². The topological polar surface area (TPSA) is 22.1 Å². The second-order valence-electron chi connectivity index (χ2n) is 6.72. The fourth-order valence-electron chi connectivity index (χ4n) is 2.75. The Hall–Kier alpha value is -0.903. The molecule has 2 nitrogen and oxygen atoms in total. The average Bonchev–Trinajstić information content (AvgIpc) is 2.24. The van der Waals surface area contributed by atoms with Crippen LogP contribution in [0.2, 0.25) is 10.1 Å². The van der Waals surface area contributed by atoms with Crippen LogP contribution in [0.3, 0.4) is 0 Å². The van der Waals surface area contributed by atoms with E-state index in [9.17, 15) is 0 Å². The molecule has 0 bridgehead atoms. The maximum absolute atomic E-state index is 16.0. The zero-order valence-electron chi connectivity index (χ0n) is 12.5. The van der Waals surface area contributed by atoms with Crippen molar-refractivity contribution in [2.45, 2.75) is 51.6 Å². The minimum Gasteiger partial charge on any atom is -0.481 e. The fourth-order valence-corrected chi connectivity index (χ4v) is 7.40. The van der Waals surface area contributed by atoms with Gasteiger partial charge in [0.2, 0.25) is 5.88 Å². The van der Waals surface area contributed by atoms with Crippen LogP contribution in [0.15, 0.2) is 18.3 Å². The van der Waals surface area contributed by atoms with Crippen LogP contribution in [0.1, 0.15) is 41.5 Å². The second-order valence-corrected chi connectivity index (χ2v) is 11.6. The maximum atomic E-state index is 16.0. The van der Waals surface area contributed by atoms with E-state index in [0.717, 1.165) is 0 Å². The molecule has 0 atom stereocenters. The van der Waals surface area contributed by atoms with Crippen molar-refractivity contribution in [2.24, 2.45) is 0 Å². The molecule has 18 heavy (non-hydrogen) atoms. The first-order valence-corrected chi connectivity index (χ1v) is 8.12. The predicted molar refractivity (Wildman–Crippen MR) is 76.7 cm³/mol. The van der Waals surface area contributed by atoms with Crippen molar-refractivity contribution < 1.29 is 8.84 Å². The Bertz CT molecular complexity index is 407. The van der Waals surface area contributed by atoms with Gasteiger partial charge in [-0.2, -0.15) is 0 Å². The summed E-state index contributed by atoms with van der Waals surface area (Å²) < 4.78 is 21.3. The second kappa shape index (κ2) is 4.65. The van der Waals surface area contributed by atoms with Crippen molar-refractivity contribution in [1.82, 2.24) is 4.98 Å². The fraction of sp³-hybridized carbons (Fsp3) is 0.643. The summed E-state index contributed by atoms with van der Waals surface area (Å²) in [6.07, 6.45) is 1.64. The van der Waals surface area contributed by atoms with Crippen molar-refractivity contribution in [2.75, 3.05) is 7.11 Å². The molecule has 1 aromatic rings. The summed E-state index contributed by atoms with van der Waals surface area (Å²) in [5, 5.41) is -0.171. The van der Waals surface area contributed by atoms with Crippen LogP contribution in [0.5, 0.6) is 5.88 Å². The summed E-state index contributed by atoms with van der Waals surface area (Å²) in [7, 11) is -1.73. The number of hydrogen-bond donors (Lipinski definition) is 0. The monoisotopic (exact) mass is 269 g/mol. The van der Waals surface area contributed by atoms with Gasteiger partial charge in [-0.25, -0.2) is 4.98 Å². The molecule has 0 aromatic carbocycles. The van der Waals surface area contributed by atoms with E-state index < -0.39 is 18.5 Å². The minimum absolute atomic E-state index is 0.415. The Morgan fingerprint density at radius 2 is 1.61 bits per heavy atom. The van der Waals surface area contributed by atoms with Gasteiger partial charge in [0.1, 0.15) is 0 Å². The summed E-state index contributed by atoms with van der Waals surface area (Å²) >= 11 is 0. The van der Waals surface area contributed by atoms with Crippen molar-refractivity contribution in [3.8, 4) is 5.88 Å². The molecule has 0 saturated heterocycles. The molecule has 0 spiro atoms. The lowest BCUT2D eigenvalue weighted by atomic mass is 10.2. The Kier molecular flexibility index (Phi) is 3.91. The van der Waals surface area contributed by atoms with E-state index >= 15 is 4.11 Å². The number of halogens is 1. The third kappa shape index (κ3) is 2.30. The lowest BCUT2D eigenvalue weighted by Crippen LogP contribution is -2.58. The van der Waals surface area contributed by atoms with Gasteiger partial charge >= 0.3 is 0 Å². The standard InChI is InChI=1S/C14H24FNOSi/c1-13(2,3)18(15,14(4,5)6)11-9-8-10-16-12(11)17-7/h8-10H,1-7H3. The molecule has 1 rings (SSSR count). The molecule has 102 valence electrons. The van der Waals surface area contributed by atoms with Gasteiger partial charge in [0, 0.05) is 11.4 Å². The van der Waals surface area contributed by atoms with Crippen molar-refractivity contribution in [1.29, 1.82) is 0 Å². The highest BCUT2D eigenvalue weighted by molar-refractivity contribution is 6.91. The van der Waals surface area contributed by atoms with Crippen molar-refractivity contribution >= 4 is 13.6 Å². The molecule has 0 N–H and O–H groups in total. The van der Waals surface area contributed by atoms with Gasteiger partial charge in [0.25, 0.3) is 8.41 Å². The number of hydrogen-bond acceptors (Lipinski definition) is 2. The first kappa shape index (κ1) is 15.2. The van der Waals surface area contributed by atoms with Gasteiger partial charge in [0.15, 0.2) is 0 Å². The molecule has 0 aliphatic heterocycles. The lowest BCUT2D eigenvalue weighted by Gasteiger charge is -2.44. The summed E-state index contributed by atoms with van der Waals surface area (Å²) in [5.74, 6) is 0.427. The molecular weight excluding hydrogens is 245 g/mol. The molecule has 4 heteroatoms. The van der Waals surface area contributed by atoms with Crippen LogP contribution < -0.4 is 9.92 Å². The SMILES string of the molecule is COc1ncccc1[Si](F)(C(C)(C)C)C(C)(C)C. The highest BCUT2D eigenvalue weighted by Crippen LogP contribution is 2.52. The minimum atomic E-state index is -3.28. The highest BCUT2D eigenvalue weighted by Gasteiger charge is 2.58. The molecule has 0 aliphatic rings. The Morgan fingerprint density at radius 3 is 2.00 bits per heavy atom. The third-order valence-corrected chi connectivity index (χ3v) is 8.66. The Labute approximate surface area is 111 Å². The van der Waals surface area contributed by atoms with E-state index in [1.165, 1.54) is 0 Å². The first-order chi connectivity index (χ1) is 8.05. The number of aromatic nitrogens is 1. The number of nitrogens with zero attached hydrogens (tertiary/aromatic N) is 1. The predicted octanol–water partition coefficient (Wildman–Crippen LogP) is 3.81. The van der Waals surface area contributed by atoms with Crippen molar-refractivity contribution in [3.05, 3.63) is 18.3 Å². The summed E-state index contributed by atoms with van der Waals surface area (Å²) in [6.45, 7) is 11.8. The van der Waals surface area contributed by atoms with Gasteiger partial charge in [-0.05, 0) is 16.1 Å². The van der Waals surface area contributed by atoms with Crippen LogP contribution in [0, 0.1) is 0 Å². The Balaban J connectivity index is 3.56. The van der Waals surface area contributed by atoms with E-state index in [-0.39, 0.29) is 0 Å². The molecule has 0 aliphatic carbocycles. The maximum Gasteiger partial charge on any atom is 0.293 e.